The molecule has 5 heteroatoms. The number of carboxylic acids is 1. The fraction of sp³-hybridized carbons (Fsp3) is 0.857. The third-order valence-electron chi connectivity index (χ3n) is 4.09. The number of aliphatic carboxylic acids is 1. The van der Waals surface area contributed by atoms with Gasteiger partial charge < -0.3 is 14.9 Å². The van der Waals surface area contributed by atoms with Gasteiger partial charge in [-0.1, -0.05) is 0 Å². The van der Waals surface area contributed by atoms with E-state index in [4.69, 9.17) is 5.11 Å². The van der Waals surface area contributed by atoms with Gasteiger partial charge >= 0.3 is 5.97 Å². The van der Waals surface area contributed by atoms with Gasteiger partial charge in [0.2, 0.25) is 5.91 Å². The number of hydrogen-bond acceptors (Lipinski definition) is 3. The maximum absolute atomic E-state index is 12.3. The topological polar surface area (TPSA) is 60.9 Å². The van der Waals surface area contributed by atoms with Gasteiger partial charge in [-0.2, -0.15) is 0 Å². The third kappa shape index (κ3) is 4.20. The second-order valence-electron chi connectivity index (χ2n) is 5.81. The first kappa shape index (κ1) is 14.3. The van der Waals surface area contributed by atoms with Gasteiger partial charge in [0.1, 0.15) is 0 Å². The van der Waals surface area contributed by atoms with E-state index in [0.717, 1.165) is 38.8 Å². The summed E-state index contributed by atoms with van der Waals surface area (Å²) in [4.78, 5) is 27.2. The van der Waals surface area contributed by atoms with Crippen LogP contribution in [-0.2, 0) is 9.59 Å². The highest BCUT2D eigenvalue weighted by Gasteiger charge is 2.37. The minimum atomic E-state index is -0.815. The van der Waals surface area contributed by atoms with Crippen LogP contribution in [-0.4, -0.2) is 59.0 Å². The van der Waals surface area contributed by atoms with Crippen LogP contribution in [0.4, 0.5) is 0 Å². The molecular formula is C14H24N2O3. The number of nitrogens with zero attached hydrogens (tertiary/aromatic N) is 2. The van der Waals surface area contributed by atoms with Gasteiger partial charge in [-0.15, -0.1) is 0 Å². The average Bonchev–Trinajstić information content (AvgIpc) is 3.16. The lowest BCUT2D eigenvalue weighted by Gasteiger charge is -2.37. The van der Waals surface area contributed by atoms with Crippen molar-refractivity contribution < 1.29 is 14.7 Å². The van der Waals surface area contributed by atoms with Crippen LogP contribution in [0.5, 0.6) is 0 Å². The first-order valence-corrected chi connectivity index (χ1v) is 7.29. The number of rotatable bonds is 6. The summed E-state index contributed by atoms with van der Waals surface area (Å²) in [6.07, 6.45) is 5.29. The molecule has 0 bridgehead atoms. The Morgan fingerprint density at radius 1 is 1.11 bits per heavy atom. The summed E-state index contributed by atoms with van der Waals surface area (Å²) in [7, 11) is 2.12. The van der Waals surface area contributed by atoms with Crippen LogP contribution in [0.3, 0.4) is 0 Å². The van der Waals surface area contributed by atoms with Crippen molar-refractivity contribution in [2.24, 2.45) is 0 Å². The molecule has 0 spiro atoms. The largest absolute Gasteiger partial charge is 0.481 e. The molecule has 1 N–H and O–H groups in total. The van der Waals surface area contributed by atoms with Crippen molar-refractivity contribution in [1.82, 2.24) is 9.80 Å². The van der Waals surface area contributed by atoms with Crippen LogP contribution in [0.2, 0.25) is 0 Å². The van der Waals surface area contributed by atoms with Gasteiger partial charge in [0, 0.05) is 24.9 Å². The molecule has 0 atom stereocenters. The second kappa shape index (κ2) is 6.37. The van der Waals surface area contributed by atoms with E-state index < -0.39 is 5.97 Å². The summed E-state index contributed by atoms with van der Waals surface area (Å²) in [5.74, 6) is -0.650. The quantitative estimate of drug-likeness (QED) is 0.789. The van der Waals surface area contributed by atoms with E-state index in [1.807, 2.05) is 0 Å². The maximum Gasteiger partial charge on any atom is 0.303 e. The van der Waals surface area contributed by atoms with Crippen molar-refractivity contribution in [3.8, 4) is 0 Å². The van der Waals surface area contributed by atoms with Crippen molar-refractivity contribution >= 4 is 11.9 Å². The molecule has 2 fully saturated rings. The molecule has 2 aliphatic rings. The number of amides is 1. The highest BCUT2D eigenvalue weighted by Crippen LogP contribution is 2.32. The van der Waals surface area contributed by atoms with Crippen molar-refractivity contribution in [3.63, 3.8) is 0 Å². The fourth-order valence-corrected chi connectivity index (χ4v) is 2.85. The van der Waals surface area contributed by atoms with Gasteiger partial charge in [0.05, 0.1) is 0 Å². The molecule has 0 unspecified atom stereocenters. The van der Waals surface area contributed by atoms with Crippen molar-refractivity contribution in [3.05, 3.63) is 0 Å². The Morgan fingerprint density at radius 2 is 1.68 bits per heavy atom. The number of carbonyl (C=O) groups excluding carboxylic acids is 1. The molecule has 1 saturated heterocycles. The van der Waals surface area contributed by atoms with Crippen LogP contribution in [0.1, 0.15) is 44.9 Å². The number of likely N-dealkylation sites (tertiary alicyclic amines) is 1. The molecule has 1 saturated carbocycles. The Hall–Kier alpha value is -1.10. The highest BCUT2D eigenvalue weighted by molar-refractivity contribution is 5.78. The van der Waals surface area contributed by atoms with E-state index in [-0.39, 0.29) is 12.3 Å². The van der Waals surface area contributed by atoms with Crippen LogP contribution in [0, 0.1) is 0 Å². The standard InChI is InChI=1S/C14H24N2O3/c1-15-9-7-12(8-10-15)16(11-5-6-11)13(17)3-2-4-14(18)19/h11-12H,2-10H2,1H3,(H,18,19). The van der Waals surface area contributed by atoms with Gasteiger partial charge in [-0.25, -0.2) is 0 Å². The van der Waals surface area contributed by atoms with E-state index in [9.17, 15) is 9.59 Å². The van der Waals surface area contributed by atoms with Gasteiger partial charge in [-0.05, 0) is 52.2 Å². The molecule has 1 heterocycles. The van der Waals surface area contributed by atoms with Crippen molar-refractivity contribution in [2.75, 3.05) is 20.1 Å². The van der Waals surface area contributed by atoms with E-state index >= 15 is 0 Å². The number of piperidine rings is 1. The molecule has 2 rings (SSSR count). The Kier molecular flexibility index (Phi) is 4.80. The van der Waals surface area contributed by atoms with Crippen molar-refractivity contribution in [1.29, 1.82) is 0 Å². The summed E-state index contributed by atoms with van der Waals surface area (Å²) in [5, 5.41) is 8.63. The van der Waals surface area contributed by atoms with Crippen LogP contribution >= 0.6 is 0 Å². The monoisotopic (exact) mass is 268 g/mol. The third-order valence-corrected chi connectivity index (χ3v) is 4.09. The van der Waals surface area contributed by atoms with Crippen LogP contribution in [0.15, 0.2) is 0 Å². The Bertz CT molecular complexity index is 334. The minimum Gasteiger partial charge on any atom is -0.481 e. The second-order valence-corrected chi connectivity index (χ2v) is 5.81. The summed E-state index contributed by atoms with van der Waals surface area (Å²) < 4.78 is 0. The summed E-state index contributed by atoms with van der Waals surface area (Å²) in [6.45, 7) is 2.10. The molecule has 1 aliphatic carbocycles. The van der Waals surface area contributed by atoms with Crippen molar-refractivity contribution in [2.45, 2.75) is 57.0 Å². The number of hydrogen-bond donors (Lipinski definition) is 1. The maximum atomic E-state index is 12.3. The lowest BCUT2D eigenvalue weighted by atomic mass is 10.0. The van der Waals surface area contributed by atoms with Gasteiger partial charge in [-0.3, -0.25) is 9.59 Å². The number of carboxylic acid groups (broad SMARTS) is 1. The Labute approximate surface area is 114 Å². The zero-order valence-corrected chi connectivity index (χ0v) is 11.7. The molecule has 108 valence electrons. The molecule has 1 aliphatic heterocycles. The first-order valence-electron chi connectivity index (χ1n) is 7.29. The first-order chi connectivity index (χ1) is 9.08. The molecule has 0 aromatic heterocycles. The zero-order valence-electron chi connectivity index (χ0n) is 11.7. The molecule has 19 heavy (non-hydrogen) atoms. The predicted octanol–water partition coefficient (Wildman–Crippen LogP) is 1.33. The zero-order chi connectivity index (χ0) is 13.8. The lowest BCUT2D eigenvalue weighted by Crippen LogP contribution is -2.47. The Balaban J connectivity index is 1.85. The summed E-state index contributed by atoms with van der Waals surface area (Å²) in [6, 6.07) is 0.812. The van der Waals surface area contributed by atoms with Crippen LogP contribution in [0.25, 0.3) is 0 Å². The van der Waals surface area contributed by atoms with Crippen LogP contribution < -0.4 is 0 Å². The number of carbonyl (C=O) groups is 2. The lowest BCUT2D eigenvalue weighted by molar-refractivity contribution is -0.138. The average molecular weight is 268 g/mol. The van der Waals surface area contributed by atoms with E-state index in [0.29, 0.717) is 24.9 Å². The van der Waals surface area contributed by atoms with E-state index in [2.05, 4.69) is 16.8 Å². The van der Waals surface area contributed by atoms with E-state index in [1.165, 1.54) is 0 Å². The molecular weight excluding hydrogens is 244 g/mol. The molecule has 0 aromatic rings. The SMILES string of the molecule is CN1CCC(N(C(=O)CCCC(=O)O)C2CC2)CC1. The fourth-order valence-electron chi connectivity index (χ4n) is 2.85. The normalized spacial score (nSPS) is 21.3. The smallest absolute Gasteiger partial charge is 0.303 e. The van der Waals surface area contributed by atoms with Gasteiger partial charge in [0.25, 0.3) is 0 Å². The predicted molar refractivity (Wildman–Crippen MR) is 71.9 cm³/mol. The summed E-state index contributed by atoms with van der Waals surface area (Å²) >= 11 is 0. The Morgan fingerprint density at radius 3 is 2.21 bits per heavy atom. The van der Waals surface area contributed by atoms with Gasteiger partial charge in [0.15, 0.2) is 0 Å². The minimum absolute atomic E-state index is 0.0949. The molecule has 5 nitrogen and oxygen atoms in total. The highest BCUT2D eigenvalue weighted by atomic mass is 16.4. The summed E-state index contributed by atoms with van der Waals surface area (Å²) in [5.41, 5.74) is 0. The molecule has 0 aromatic carbocycles. The molecule has 1 amide bonds. The molecule has 0 radical (unpaired) electrons. The van der Waals surface area contributed by atoms with E-state index in [1.54, 1.807) is 0 Å².